The Morgan fingerprint density at radius 2 is 2.10 bits per heavy atom. The van der Waals surface area contributed by atoms with Gasteiger partial charge in [0.2, 0.25) is 5.95 Å². The van der Waals surface area contributed by atoms with Gasteiger partial charge >= 0.3 is 0 Å². The SMILES string of the molecule is COc1cccc(Cl)c1Cn1c(N)nc2cc(C)ccc21. The summed E-state index contributed by atoms with van der Waals surface area (Å²) >= 11 is 6.30. The molecule has 0 amide bonds. The van der Waals surface area contributed by atoms with Crippen LogP contribution in [0.5, 0.6) is 5.75 Å². The predicted octanol–water partition coefficient (Wildman–Crippen LogP) is 3.64. The van der Waals surface area contributed by atoms with Crippen LogP contribution < -0.4 is 10.5 Å². The van der Waals surface area contributed by atoms with E-state index in [4.69, 9.17) is 22.1 Å². The van der Waals surface area contributed by atoms with Gasteiger partial charge in [0.25, 0.3) is 0 Å². The van der Waals surface area contributed by atoms with Gasteiger partial charge in [0.1, 0.15) is 5.75 Å². The number of anilines is 1. The Kier molecular flexibility index (Phi) is 3.47. The van der Waals surface area contributed by atoms with Crippen molar-refractivity contribution in [3.8, 4) is 5.75 Å². The Morgan fingerprint density at radius 1 is 1.29 bits per heavy atom. The third-order valence-corrected chi connectivity index (χ3v) is 3.90. The summed E-state index contributed by atoms with van der Waals surface area (Å²) in [5.41, 5.74) is 9.99. The number of aromatic nitrogens is 2. The average Bonchev–Trinajstić information content (AvgIpc) is 2.76. The first kappa shape index (κ1) is 13.8. The number of methoxy groups -OCH3 is 1. The zero-order chi connectivity index (χ0) is 15.0. The molecule has 0 unspecified atom stereocenters. The standard InChI is InChI=1S/C16H16ClN3O/c1-10-6-7-14-13(8-10)19-16(18)20(14)9-11-12(17)4-3-5-15(11)21-2/h3-8H,9H2,1-2H3,(H2,18,19). The van der Waals surface area contributed by atoms with Gasteiger partial charge < -0.3 is 15.0 Å². The summed E-state index contributed by atoms with van der Waals surface area (Å²) in [6.07, 6.45) is 0. The highest BCUT2D eigenvalue weighted by Crippen LogP contribution is 2.29. The maximum Gasteiger partial charge on any atom is 0.201 e. The van der Waals surface area contributed by atoms with Crippen molar-refractivity contribution < 1.29 is 4.74 Å². The van der Waals surface area contributed by atoms with Crippen LogP contribution in [0.4, 0.5) is 5.95 Å². The van der Waals surface area contributed by atoms with Gasteiger partial charge in [0, 0.05) is 10.6 Å². The lowest BCUT2D eigenvalue weighted by Crippen LogP contribution is -2.06. The van der Waals surface area contributed by atoms with Crippen molar-refractivity contribution in [1.29, 1.82) is 0 Å². The molecule has 2 N–H and O–H groups in total. The zero-order valence-corrected chi connectivity index (χ0v) is 12.7. The average molecular weight is 302 g/mol. The summed E-state index contributed by atoms with van der Waals surface area (Å²) in [6, 6.07) is 11.7. The van der Waals surface area contributed by atoms with Gasteiger partial charge in [-0.1, -0.05) is 23.7 Å². The molecule has 0 aliphatic heterocycles. The number of hydrogen-bond acceptors (Lipinski definition) is 3. The van der Waals surface area contributed by atoms with Crippen molar-refractivity contribution in [2.24, 2.45) is 0 Å². The lowest BCUT2D eigenvalue weighted by atomic mass is 10.2. The van der Waals surface area contributed by atoms with Crippen LogP contribution >= 0.6 is 11.6 Å². The van der Waals surface area contributed by atoms with Gasteiger partial charge in [-0.15, -0.1) is 0 Å². The molecule has 21 heavy (non-hydrogen) atoms. The van der Waals surface area contributed by atoms with E-state index in [9.17, 15) is 0 Å². The number of halogens is 1. The Morgan fingerprint density at radius 3 is 2.86 bits per heavy atom. The van der Waals surface area contributed by atoms with Crippen molar-refractivity contribution in [2.45, 2.75) is 13.5 Å². The van der Waals surface area contributed by atoms with E-state index in [1.165, 1.54) is 0 Å². The maximum atomic E-state index is 6.30. The van der Waals surface area contributed by atoms with Crippen LogP contribution in [0.25, 0.3) is 11.0 Å². The minimum atomic E-state index is 0.470. The minimum absolute atomic E-state index is 0.470. The van der Waals surface area contributed by atoms with Gasteiger partial charge in [0.05, 0.1) is 24.7 Å². The molecule has 0 radical (unpaired) electrons. The number of nitrogens with zero attached hydrogens (tertiary/aromatic N) is 2. The quantitative estimate of drug-likeness (QED) is 0.803. The molecule has 4 nitrogen and oxygen atoms in total. The first-order valence-electron chi connectivity index (χ1n) is 6.64. The molecule has 3 rings (SSSR count). The van der Waals surface area contributed by atoms with Crippen LogP contribution in [0.1, 0.15) is 11.1 Å². The maximum absolute atomic E-state index is 6.30. The number of rotatable bonds is 3. The Labute approximate surface area is 128 Å². The Balaban J connectivity index is 2.12. The largest absolute Gasteiger partial charge is 0.496 e. The van der Waals surface area contributed by atoms with Crippen LogP contribution in [0.15, 0.2) is 36.4 Å². The molecule has 3 aromatic rings. The van der Waals surface area contributed by atoms with E-state index in [0.29, 0.717) is 17.5 Å². The fraction of sp³-hybridized carbons (Fsp3) is 0.188. The molecular formula is C16H16ClN3O. The number of nitrogens with two attached hydrogens (primary N) is 1. The summed E-state index contributed by atoms with van der Waals surface area (Å²) in [6.45, 7) is 2.56. The lowest BCUT2D eigenvalue weighted by Gasteiger charge is -2.12. The second-order valence-electron chi connectivity index (χ2n) is 4.97. The molecule has 0 aliphatic carbocycles. The van der Waals surface area contributed by atoms with Crippen LogP contribution in [-0.4, -0.2) is 16.7 Å². The smallest absolute Gasteiger partial charge is 0.201 e. The van der Waals surface area contributed by atoms with Crippen molar-refractivity contribution in [2.75, 3.05) is 12.8 Å². The summed E-state index contributed by atoms with van der Waals surface area (Å²) in [4.78, 5) is 4.41. The van der Waals surface area contributed by atoms with E-state index in [1.54, 1.807) is 7.11 Å². The van der Waals surface area contributed by atoms with E-state index < -0.39 is 0 Å². The number of nitrogen functional groups attached to an aromatic ring is 1. The van der Waals surface area contributed by atoms with Gasteiger partial charge in [-0.2, -0.15) is 0 Å². The molecule has 5 heteroatoms. The number of hydrogen-bond donors (Lipinski definition) is 1. The first-order valence-corrected chi connectivity index (χ1v) is 7.01. The fourth-order valence-corrected chi connectivity index (χ4v) is 2.69. The van der Waals surface area contributed by atoms with Gasteiger partial charge in [-0.25, -0.2) is 4.98 Å². The Bertz CT molecular complexity index is 811. The third-order valence-electron chi connectivity index (χ3n) is 3.55. The molecule has 0 saturated carbocycles. The van der Waals surface area contributed by atoms with E-state index in [0.717, 1.165) is 27.9 Å². The third kappa shape index (κ3) is 2.43. The van der Waals surface area contributed by atoms with Crippen molar-refractivity contribution in [3.05, 3.63) is 52.5 Å². The van der Waals surface area contributed by atoms with Gasteiger partial charge in [-0.05, 0) is 36.8 Å². The van der Waals surface area contributed by atoms with E-state index in [-0.39, 0.29) is 0 Å². The summed E-state index contributed by atoms with van der Waals surface area (Å²) in [5, 5.41) is 0.655. The van der Waals surface area contributed by atoms with Crippen molar-refractivity contribution in [1.82, 2.24) is 9.55 Å². The molecule has 0 aliphatic rings. The van der Waals surface area contributed by atoms with Crippen LogP contribution in [0.3, 0.4) is 0 Å². The van der Waals surface area contributed by atoms with Gasteiger partial charge in [0.15, 0.2) is 0 Å². The monoisotopic (exact) mass is 301 g/mol. The number of benzene rings is 2. The van der Waals surface area contributed by atoms with Crippen molar-refractivity contribution >= 4 is 28.6 Å². The second kappa shape index (κ2) is 5.30. The summed E-state index contributed by atoms with van der Waals surface area (Å²) in [5.74, 6) is 1.22. The highest BCUT2D eigenvalue weighted by Gasteiger charge is 2.13. The van der Waals surface area contributed by atoms with Gasteiger partial charge in [-0.3, -0.25) is 0 Å². The zero-order valence-electron chi connectivity index (χ0n) is 11.9. The minimum Gasteiger partial charge on any atom is -0.496 e. The molecule has 108 valence electrons. The summed E-state index contributed by atoms with van der Waals surface area (Å²) < 4.78 is 7.33. The molecule has 1 heterocycles. The topological polar surface area (TPSA) is 53.1 Å². The predicted molar refractivity (Wildman–Crippen MR) is 86.0 cm³/mol. The number of fused-ring (bicyclic) bond motifs is 1. The van der Waals surface area contributed by atoms with Crippen molar-refractivity contribution in [3.63, 3.8) is 0 Å². The summed E-state index contributed by atoms with van der Waals surface area (Å²) in [7, 11) is 1.63. The lowest BCUT2D eigenvalue weighted by molar-refractivity contribution is 0.409. The second-order valence-corrected chi connectivity index (χ2v) is 5.38. The molecule has 0 fully saturated rings. The highest BCUT2D eigenvalue weighted by atomic mass is 35.5. The first-order chi connectivity index (χ1) is 10.1. The highest BCUT2D eigenvalue weighted by molar-refractivity contribution is 6.31. The Hall–Kier alpha value is -2.20. The molecular weight excluding hydrogens is 286 g/mol. The fourth-order valence-electron chi connectivity index (χ4n) is 2.47. The van der Waals surface area contributed by atoms with E-state index in [1.807, 2.05) is 47.9 Å². The molecule has 0 saturated heterocycles. The molecule has 0 atom stereocenters. The van der Waals surface area contributed by atoms with E-state index in [2.05, 4.69) is 4.98 Å². The normalized spacial score (nSPS) is 11.0. The number of aryl methyl sites for hydroxylation is 1. The van der Waals surface area contributed by atoms with E-state index >= 15 is 0 Å². The molecule has 0 bridgehead atoms. The van der Waals surface area contributed by atoms with Crippen LogP contribution in [0, 0.1) is 6.92 Å². The number of ether oxygens (including phenoxy) is 1. The van der Waals surface area contributed by atoms with Crippen LogP contribution in [-0.2, 0) is 6.54 Å². The number of imidazole rings is 1. The van der Waals surface area contributed by atoms with Crippen LogP contribution in [0.2, 0.25) is 5.02 Å². The molecule has 2 aromatic carbocycles. The molecule has 1 aromatic heterocycles. The molecule has 0 spiro atoms.